The minimum atomic E-state index is -4.48. The Kier molecular flexibility index (Phi) is 4.34. The summed E-state index contributed by atoms with van der Waals surface area (Å²) in [5.74, 6) is -2.32. The number of amides is 2. The van der Waals surface area contributed by atoms with E-state index in [0.717, 1.165) is 0 Å². The van der Waals surface area contributed by atoms with Crippen LogP contribution in [0.2, 0.25) is 0 Å². The van der Waals surface area contributed by atoms with E-state index in [1.807, 2.05) is 0 Å². The van der Waals surface area contributed by atoms with E-state index in [1.165, 1.54) is 22.7 Å². The monoisotopic (exact) mass is 376 g/mol. The number of carbonyl (C=O) groups is 3. The van der Waals surface area contributed by atoms with Crippen LogP contribution < -0.4 is 0 Å². The van der Waals surface area contributed by atoms with Crippen molar-refractivity contribution in [3.63, 3.8) is 0 Å². The van der Waals surface area contributed by atoms with E-state index in [2.05, 4.69) is 0 Å². The Hall–Kier alpha value is -1.97. The molecule has 0 saturated carbocycles. The van der Waals surface area contributed by atoms with Gasteiger partial charge in [0.05, 0.1) is 11.3 Å². The molecule has 3 aliphatic heterocycles. The van der Waals surface area contributed by atoms with Crippen LogP contribution in [0, 0.1) is 5.92 Å². The topological polar surface area (TPSA) is 77.9 Å². The van der Waals surface area contributed by atoms with E-state index in [-0.39, 0.29) is 52.8 Å². The highest BCUT2D eigenvalue weighted by atomic mass is 32.2. The Balaban J connectivity index is 1.88. The van der Waals surface area contributed by atoms with Gasteiger partial charge in [-0.1, -0.05) is 6.92 Å². The summed E-state index contributed by atoms with van der Waals surface area (Å²) in [5.41, 5.74) is 0.241. The van der Waals surface area contributed by atoms with Crippen molar-refractivity contribution in [3.05, 3.63) is 22.9 Å². The van der Waals surface area contributed by atoms with Gasteiger partial charge in [-0.05, 0) is 18.1 Å². The highest BCUT2D eigenvalue weighted by Gasteiger charge is 2.51. The maximum atomic E-state index is 12.5. The molecule has 0 aliphatic carbocycles. The SMILES string of the molecule is C[C@@H]1C(=O)N2C(C(=O)O)=C(/C=C3\CCN(CC(F)(F)F)C3=O)CS[C@H]12. The Labute approximate surface area is 145 Å². The fraction of sp³-hybridized carbons (Fsp3) is 0.533. The normalized spacial score (nSPS) is 28.6. The Morgan fingerprint density at radius 3 is 2.68 bits per heavy atom. The molecule has 0 aromatic heterocycles. The first-order valence-corrected chi connectivity index (χ1v) is 8.62. The lowest BCUT2D eigenvalue weighted by atomic mass is 9.97. The van der Waals surface area contributed by atoms with Gasteiger partial charge in [-0.3, -0.25) is 14.5 Å². The largest absolute Gasteiger partial charge is 0.477 e. The average Bonchev–Trinajstić information content (AvgIpc) is 2.84. The van der Waals surface area contributed by atoms with Crippen LogP contribution in [-0.2, 0) is 14.4 Å². The summed E-state index contributed by atoms with van der Waals surface area (Å²) in [5, 5.41) is 9.20. The Bertz CT molecular complexity index is 716. The van der Waals surface area contributed by atoms with E-state index in [1.54, 1.807) is 6.92 Å². The summed E-state index contributed by atoms with van der Waals surface area (Å²) in [4.78, 5) is 37.5. The number of fused-ring (bicyclic) bond motifs is 1. The van der Waals surface area contributed by atoms with E-state index in [9.17, 15) is 32.7 Å². The molecule has 0 spiro atoms. The maximum absolute atomic E-state index is 12.5. The second-order valence-corrected chi connectivity index (χ2v) is 7.24. The number of halogens is 3. The number of carboxylic acid groups (broad SMARTS) is 1. The number of thioether (sulfide) groups is 1. The van der Waals surface area contributed by atoms with E-state index >= 15 is 0 Å². The Morgan fingerprint density at radius 1 is 1.40 bits per heavy atom. The third-order valence-electron chi connectivity index (χ3n) is 4.40. The summed E-state index contributed by atoms with van der Waals surface area (Å²) >= 11 is 1.38. The average molecular weight is 376 g/mol. The van der Waals surface area contributed by atoms with E-state index in [4.69, 9.17) is 0 Å². The summed E-state index contributed by atoms with van der Waals surface area (Å²) in [6.07, 6.45) is -3.03. The number of hydrogen-bond acceptors (Lipinski definition) is 4. The van der Waals surface area contributed by atoms with Crippen molar-refractivity contribution >= 4 is 29.5 Å². The van der Waals surface area contributed by atoms with E-state index < -0.39 is 24.6 Å². The summed E-state index contributed by atoms with van der Waals surface area (Å²) in [7, 11) is 0. The molecule has 2 atom stereocenters. The number of likely N-dealkylation sites (tertiary alicyclic amines) is 1. The van der Waals surface area contributed by atoms with Crippen molar-refractivity contribution in [1.82, 2.24) is 9.80 Å². The number of alkyl halides is 3. The first-order chi connectivity index (χ1) is 11.6. The molecule has 0 radical (unpaired) electrons. The standard InChI is InChI=1S/C15H15F3N2O4S/c1-7-11(21)20-10(14(23)24)9(5-25-13(7)20)4-8-2-3-19(12(8)22)6-15(16,17)18/h4,7,13H,2-3,5-6H2,1H3,(H,23,24)/b8-4+/t7-,13-/m1/s1. The van der Waals surface area contributed by atoms with Gasteiger partial charge >= 0.3 is 12.1 Å². The molecule has 3 rings (SSSR count). The van der Waals surface area contributed by atoms with Gasteiger partial charge in [0, 0.05) is 17.9 Å². The highest BCUT2D eigenvalue weighted by Crippen LogP contribution is 2.44. The fourth-order valence-electron chi connectivity index (χ4n) is 3.19. The van der Waals surface area contributed by atoms with Crippen LogP contribution in [0.25, 0.3) is 0 Å². The van der Waals surface area contributed by atoms with Gasteiger partial charge in [-0.2, -0.15) is 13.2 Å². The summed E-state index contributed by atoms with van der Waals surface area (Å²) in [6.45, 7) is 0.331. The van der Waals surface area contributed by atoms with Crippen molar-refractivity contribution in [1.29, 1.82) is 0 Å². The third-order valence-corrected chi connectivity index (χ3v) is 5.84. The van der Waals surface area contributed by atoms with Crippen molar-refractivity contribution in [3.8, 4) is 0 Å². The molecule has 3 aliphatic rings. The number of aliphatic carboxylic acids is 1. The first kappa shape index (κ1) is 17.8. The predicted molar refractivity (Wildman–Crippen MR) is 82.3 cm³/mol. The van der Waals surface area contributed by atoms with Crippen LogP contribution in [0.4, 0.5) is 13.2 Å². The van der Waals surface area contributed by atoms with E-state index in [0.29, 0.717) is 4.90 Å². The smallest absolute Gasteiger partial charge is 0.406 e. The number of β-lactam (4-membered cyclic amide) rings is 1. The quantitative estimate of drug-likeness (QED) is 0.598. The van der Waals surface area contributed by atoms with Crippen molar-refractivity contribution in [2.24, 2.45) is 5.92 Å². The van der Waals surface area contributed by atoms with Gasteiger partial charge in [0.2, 0.25) is 11.8 Å². The molecule has 2 fully saturated rings. The molecule has 6 nitrogen and oxygen atoms in total. The molecule has 3 heterocycles. The van der Waals surface area contributed by atoms with Crippen LogP contribution in [0.3, 0.4) is 0 Å². The molecule has 0 bridgehead atoms. The molecule has 0 aromatic carbocycles. The summed E-state index contributed by atoms with van der Waals surface area (Å²) < 4.78 is 37.4. The van der Waals surface area contributed by atoms with Crippen LogP contribution in [0.1, 0.15) is 13.3 Å². The zero-order valence-corrected chi connectivity index (χ0v) is 14.0. The number of hydrogen-bond donors (Lipinski definition) is 1. The zero-order chi connectivity index (χ0) is 18.5. The second-order valence-electron chi connectivity index (χ2n) is 6.14. The van der Waals surface area contributed by atoms with Crippen molar-refractivity contribution in [2.45, 2.75) is 24.9 Å². The molecule has 10 heteroatoms. The molecular formula is C15H15F3N2O4S. The van der Waals surface area contributed by atoms with Crippen LogP contribution >= 0.6 is 11.8 Å². The molecule has 0 unspecified atom stereocenters. The number of nitrogens with zero attached hydrogens (tertiary/aromatic N) is 2. The molecule has 136 valence electrons. The second kappa shape index (κ2) is 6.08. The highest BCUT2D eigenvalue weighted by molar-refractivity contribution is 8.00. The number of rotatable bonds is 3. The lowest BCUT2D eigenvalue weighted by molar-refractivity contribution is -0.156. The number of carbonyl (C=O) groups excluding carboxylic acids is 2. The van der Waals surface area contributed by atoms with Crippen molar-refractivity contribution in [2.75, 3.05) is 18.8 Å². The molecular weight excluding hydrogens is 361 g/mol. The van der Waals surface area contributed by atoms with Gasteiger partial charge in [0.15, 0.2) is 0 Å². The lowest BCUT2D eigenvalue weighted by Crippen LogP contribution is -2.60. The molecule has 25 heavy (non-hydrogen) atoms. The fourth-order valence-corrected chi connectivity index (χ4v) is 4.53. The minimum Gasteiger partial charge on any atom is -0.477 e. The minimum absolute atomic E-state index is 0.0602. The first-order valence-electron chi connectivity index (χ1n) is 7.58. The molecule has 1 N–H and O–H groups in total. The van der Waals surface area contributed by atoms with Gasteiger partial charge in [-0.15, -0.1) is 11.8 Å². The van der Waals surface area contributed by atoms with Crippen LogP contribution in [0.15, 0.2) is 22.9 Å². The molecule has 0 aromatic rings. The lowest BCUT2D eigenvalue weighted by Gasteiger charge is -2.48. The molecule has 2 saturated heterocycles. The number of carboxylic acids is 1. The van der Waals surface area contributed by atoms with Gasteiger partial charge in [-0.25, -0.2) is 4.79 Å². The van der Waals surface area contributed by atoms with Crippen LogP contribution in [0.5, 0.6) is 0 Å². The third kappa shape index (κ3) is 3.14. The zero-order valence-electron chi connectivity index (χ0n) is 13.2. The number of allylic oxidation sites excluding steroid dienone is 1. The van der Waals surface area contributed by atoms with Crippen LogP contribution in [-0.4, -0.2) is 63.1 Å². The maximum Gasteiger partial charge on any atom is 0.406 e. The summed E-state index contributed by atoms with van der Waals surface area (Å²) in [6, 6.07) is 0. The van der Waals surface area contributed by atoms with Crippen molar-refractivity contribution < 1.29 is 32.7 Å². The predicted octanol–water partition coefficient (Wildman–Crippen LogP) is 1.60. The Morgan fingerprint density at radius 2 is 2.08 bits per heavy atom. The molecule has 2 amide bonds. The van der Waals surface area contributed by atoms with Gasteiger partial charge < -0.3 is 10.0 Å². The van der Waals surface area contributed by atoms with Gasteiger partial charge in [0.25, 0.3) is 0 Å². The van der Waals surface area contributed by atoms with Gasteiger partial charge in [0.1, 0.15) is 12.2 Å².